The van der Waals surface area contributed by atoms with Crippen molar-refractivity contribution in [2.45, 2.75) is 0 Å². The summed E-state index contributed by atoms with van der Waals surface area (Å²) in [5.41, 5.74) is 0.806. The zero-order chi connectivity index (χ0) is 16.4. The standard InChI is InChI=1S/C14H7BBr2F3N3/c16-11-5-3-9-13(14-8(18)2-1-7-21-14)10-4-6-12(17)23(10)15(19,20)22(9)11/h1-7H. The smallest absolute Gasteiger partial charge is 0.389 e. The highest BCUT2D eigenvalue weighted by atomic mass is 79.9. The van der Waals surface area contributed by atoms with Crippen LogP contribution >= 0.6 is 31.9 Å². The van der Waals surface area contributed by atoms with Crippen molar-refractivity contribution < 1.29 is 17.5 Å². The second-order valence-electron chi connectivity index (χ2n) is 5.12. The Morgan fingerprint density at radius 1 is 1.13 bits per heavy atom. The molecule has 0 amide bonds. The van der Waals surface area contributed by atoms with Crippen molar-refractivity contribution in [3.05, 3.63) is 70.1 Å². The molecule has 0 saturated carbocycles. The van der Waals surface area contributed by atoms with Crippen molar-refractivity contribution in [3.8, 4) is 0 Å². The Labute approximate surface area is 146 Å². The van der Waals surface area contributed by atoms with Gasteiger partial charge in [0.05, 0.1) is 10.2 Å². The first kappa shape index (κ1) is 15.0. The molecule has 4 heterocycles. The van der Waals surface area contributed by atoms with E-state index in [0.717, 1.165) is 8.96 Å². The van der Waals surface area contributed by atoms with E-state index in [9.17, 15) is 13.0 Å². The van der Waals surface area contributed by atoms with Crippen LogP contribution in [-0.2, 0) is 0 Å². The van der Waals surface area contributed by atoms with Gasteiger partial charge in [0, 0.05) is 40.0 Å². The molecule has 0 radical (unpaired) electrons. The average molecular weight is 445 g/mol. The summed E-state index contributed by atoms with van der Waals surface area (Å²) in [6.45, 7) is -4.11. The minimum Gasteiger partial charge on any atom is -0.389 e. The normalized spacial score (nSPS) is 18.5. The van der Waals surface area contributed by atoms with Crippen LogP contribution in [0.4, 0.5) is 13.0 Å². The molecule has 2 aromatic rings. The van der Waals surface area contributed by atoms with Crippen LogP contribution in [0.25, 0.3) is 5.57 Å². The third-order valence-corrected chi connectivity index (χ3v) is 5.16. The van der Waals surface area contributed by atoms with Gasteiger partial charge in [-0.1, -0.05) is 0 Å². The molecule has 0 atom stereocenters. The van der Waals surface area contributed by atoms with Crippen molar-refractivity contribution in [1.82, 2.24) is 9.46 Å². The van der Waals surface area contributed by atoms with E-state index in [2.05, 4.69) is 36.8 Å². The maximum atomic E-state index is 15.0. The van der Waals surface area contributed by atoms with E-state index in [1.54, 1.807) is 0 Å². The molecule has 0 N–H and O–H groups in total. The number of allylic oxidation sites excluding steroid dienone is 2. The van der Waals surface area contributed by atoms with Gasteiger partial charge in [-0.2, -0.15) is 0 Å². The molecule has 116 valence electrons. The lowest BCUT2D eigenvalue weighted by Crippen LogP contribution is -2.50. The van der Waals surface area contributed by atoms with Crippen LogP contribution in [0.5, 0.6) is 0 Å². The molecule has 0 bridgehead atoms. The van der Waals surface area contributed by atoms with Gasteiger partial charge in [0.2, 0.25) is 4.62 Å². The number of halogens is 5. The second kappa shape index (κ2) is 4.94. The SMILES string of the molecule is Fc1cccnc1C1=C2C=CC(Br)=[N+]2[B-](F)(F)n2c(Br)ccc21. The number of nitrogens with zero attached hydrogens (tertiary/aromatic N) is 3. The van der Waals surface area contributed by atoms with Crippen LogP contribution < -0.4 is 0 Å². The number of hydrogen-bond acceptors (Lipinski definition) is 1. The third kappa shape index (κ3) is 1.96. The van der Waals surface area contributed by atoms with E-state index in [4.69, 9.17) is 0 Å². The summed E-state index contributed by atoms with van der Waals surface area (Å²) in [6, 6.07) is 5.78. The van der Waals surface area contributed by atoms with Gasteiger partial charge in [-0.15, -0.1) is 0 Å². The van der Waals surface area contributed by atoms with Crippen LogP contribution in [0.1, 0.15) is 11.4 Å². The van der Waals surface area contributed by atoms with Crippen LogP contribution in [0, 0.1) is 5.82 Å². The van der Waals surface area contributed by atoms with E-state index in [1.807, 2.05) is 0 Å². The molecule has 3 nitrogen and oxygen atoms in total. The Morgan fingerprint density at radius 3 is 2.65 bits per heavy atom. The predicted octanol–water partition coefficient (Wildman–Crippen LogP) is 4.16. The molecule has 0 aliphatic carbocycles. The Bertz CT molecular complexity index is 946. The highest BCUT2D eigenvalue weighted by molar-refractivity contribution is 9.18. The average Bonchev–Trinajstić information content (AvgIpc) is 3.06. The molecule has 0 saturated heterocycles. The molecular formula is C14H7BBr2F3N3. The molecule has 9 heteroatoms. The summed E-state index contributed by atoms with van der Waals surface area (Å²) in [4.78, 5) is 4.06. The van der Waals surface area contributed by atoms with Gasteiger partial charge in [-0.3, -0.25) is 4.98 Å². The van der Waals surface area contributed by atoms with Crippen LogP contribution in [-0.4, -0.2) is 25.5 Å². The molecule has 23 heavy (non-hydrogen) atoms. The Kier molecular flexibility index (Phi) is 3.21. The molecule has 4 rings (SSSR count). The van der Waals surface area contributed by atoms with Gasteiger partial charge in [-0.25, -0.2) is 4.39 Å². The molecule has 0 unspecified atom stereocenters. The summed E-state index contributed by atoms with van der Waals surface area (Å²) in [5.74, 6) is -0.562. The number of fused-ring (bicyclic) bond motifs is 2. The maximum absolute atomic E-state index is 15.0. The first-order chi connectivity index (χ1) is 10.9. The van der Waals surface area contributed by atoms with E-state index >= 15 is 0 Å². The first-order valence-electron chi connectivity index (χ1n) is 6.67. The highest BCUT2D eigenvalue weighted by Gasteiger charge is 2.54. The fraction of sp³-hybridized carbons (Fsp3) is 0. The summed E-state index contributed by atoms with van der Waals surface area (Å²) >= 11 is 6.31. The third-order valence-electron chi connectivity index (χ3n) is 3.87. The Morgan fingerprint density at radius 2 is 1.91 bits per heavy atom. The Hall–Kier alpha value is -1.61. The lowest BCUT2D eigenvalue weighted by Gasteiger charge is -2.31. The molecule has 2 aliphatic rings. The lowest BCUT2D eigenvalue weighted by atomic mass is 9.87. The predicted molar refractivity (Wildman–Crippen MR) is 89.1 cm³/mol. The second-order valence-corrected chi connectivity index (χ2v) is 6.74. The van der Waals surface area contributed by atoms with Crippen molar-refractivity contribution in [2.24, 2.45) is 0 Å². The molecular weight excluding hydrogens is 438 g/mol. The first-order valence-corrected chi connectivity index (χ1v) is 8.26. The fourth-order valence-corrected chi connectivity index (χ4v) is 4.08. The minimum atomic E-state index is -4.11. The van der Waals surface area contributed by atoms with Gasteiger partial charge in [0.25, 0.3) is 0 Å². The number of rotatable bonds is 1. The molecule has 0 aromatic carbocycles. The lowest BCUT2D eigenvalue weighted by molar-refractivity contribution is -0.358. The quantitative estimate of drug-likeness (QED) is 0.605. The maximum Gasteiger partial charge on any atom is 0.738 e. The van der Waals surface area contributed by atoms with Gasteiger partial charge in [-0.05, 0) is 40.2 Å². The van der Waals surface area contributed by atoms with Crippen LogP contribution in [0.3, 0.4) is 0 Å². The molecule has 0 fully saturated rings. The molecule has 2 aromatic heterocycles. The van der Waals surface area contributed by atoms with Gasteiger partial charge < -0.3 is 17.6 Å². The Balaban J connectivity index is 2.15. The van der Waals surface area contributed by atoms with Gasteiger partial charge in [0.15, 0.2) is 5.70 Å². The van der Waals surface area contributed by atoms with Crippen LogP contribution in [0.15, 0.2) is 52.9 Å². The van der Waals surface area contributed by atoms with Crippen molar-refractivity contribution in [2.75, 3.05) is 0 Å². The monoisotopic (exact) mass is 443 g/mol. The van der Waals surface area contributed by atoms with Crippen molar-refractivity contribution >= 4 is 49.0 Å². The van der Waals surface area contributed by atoms with E-state index in [1.165, 1.54) is 42.6 Å². The van der Waals surface area contributed by atoms with Crippen molar-refractivity contribution in [1.29, 1.82) is 0 Å². The van der Waals surface area contributed by atoms with Gasteiger partial charge in [0.1, 0.15) is 11.5 Å². The van der Waals surface area contributed by atoms with Crippen molar-refractivity contribution in [3.63, 3.8) is 0 Å². The van der Waals surface area contributed by atoms with E-state index in [0.29, 0.717) is 5.57 Å². The topological polar surface area (TPSA) is 20.8 Å². The minimum absolute atomic E-state index is 0.0394. The number of pyridine rings is 1. The van der Waals surface area contributed by atoms with E-state index < -0.39 is 12.8 Å². The summed E-state index contributed by atoms with van der Waals surface area (Å²) < 4.78 is 46.4. The summed E-state index contributed by atoms with van der Waals surface area (Å²) in [6.07, 6.45) is 4.49. The number of aromatic nitrogens is 2. The van der Waals surface area contributed by atoms with Gasteiger partial charge >= 0.3 is 6.97 Å². The largest absolute Gasteiger partial charge is 0.738 e. The van der Waals surface area contributed by atoms with Crippen LogP contribution in [0.2, 0.25) is 0 Å². The summed E-state index contributed by atoms with van der Waals surface area (Å²) in [5, 5.41) is 0. The van der Waals surface area contributed by atoms with E-state index in [-0.39, 0.29) is 26.3 Å². The highest BCUT2D eigenvalue weighted by Crippen LogP contribution is 2.41. The zero-order valence-corrected chi connectivity index (χ0v) is 14.5. The fourth-order valence-electron chi connectivity index (χ4n) is 2.94. The molecule has 2 aliphatic heterocycles. The molecule has 0 spiro atoms. The zero-order valence-electron chi connectivity index (χ0n) is 11.4. The number of hydrogen-bond donors (Lipinski definition) is 0. The summed E-state index contributed by atoms with van der Waals surface area (Å²) in [7, 11) is 0.